The van der Waals surface area contributed by atoms with Gasteiger partial charge in [-0.25, -0.2) is 4.98 Å². The van der Waals surface area contributed by atoms with Crippen LogP contribution in [0.1, 0.15) is 16.7 Å². The molecule has 0 aliphatic heterocycles. The molecule has 1 heterocycles. The lowest BCUT2D eigenvalue weighted by Gasteiger charge is -2.13. The highest BCUT2D eigenvalue weighted by atomic mass is 16.5. The zero-order valence-electron chi connectivity index (χ0n) is 16.1. The number of para-hydroxylation sites is 2. The number of nitrogens with zero attached hydrogens (tertiary/aromatic N) is 2. The topological polar surface area (TPSA) is 27.1 Å². The molecule has 0 spiro atoms. The molecule has 0 aliphatic carbocycles. The molecular weight excluding hydrogens is 332 g/mol. The fourth-order valence-corrected chi connectivity index (χ4v) is 3.46. The third-order valence-corrected chi connectivity index (χ3v) is 4.88. The van der Waals surface area contributed by atoms with Crippen molar-refractivity contribution in [2.45, 2.75) is 27.3 Å². The number of hydrogen-bond acceptors (Lipinski definition) is 2. The van der Waals surface area contributed by atoms with E-state index < -0.39 is 0 Å². The summed E-state index contributed by atoms with van der Waals surface area (Å²) in [4.78, 5) is 4.92. The molecule has 0 unspecified atom stereocenters. The van der Waals surface area contributed by atoms with Crippen molar-refractivity contribution < 1.29 is 4.74 Å². The highest BCUT2D eigenvalue weighted by Gasteiger charge is 2.14. The zero-order valence-corrected chi connectivity index (χ0v) is 16.1. The molecule has 0 radical (unpaired) electrons. The quantitative estimate of drug-likeness (QED) is 0.458. The van der Waals surface area contributed by atoms with Gasteiger partial charge in [0.2, 0.25) is 0 Å². The summed E-state index contributed by atoms with van der Waals surface area (Å²) in [5.41, 5.74) is 7.07. The van der Waals surface area contributed by atoms with Gasteiger partial charge in [0, 0.05) is 5.56 Å². The van der Waals surface area contributed by atoms with Crippen LogP contribution < -0.4 is 4.74 Å². The molecule has 27 heavy (non-hydrogen) atoms. The lowest BCUT2D eigenvalue weighted by atomic mass is 10.1. The SMILES string of the molecule is Cc1ccc(OCCn2c(-c3ccc(C)cc3C)nc3ccccc32)cc1. The molecule has 0 amide bonds. The maximum atomic E-state index is 5.97. The van der Waals surface area contributed by atoms with Gasteiger partial charge < -0.3 is 9.30 Å². The molecule has 0 saturated heterocycles. The number of rotatable bonds is 5. The highest BCUT2D eigenvalue weighted by molar-refractivity contribution is 5.81. The van der Waals surface area contributed by atoms with Gasteiger partial charge in [0.1, 0.15) is 18.2 Å². The molecule has 1 aromatic heterocycles. The summed E-state index contributed by atoms with van der Waals surface area (Å²) in [6.07, 6.45) is 0. The van der Waals surface area contributed by atoms with Crippen molar-refractivity contribution in [2.75, 3.05) is 6.61 Å². The summed E-state index contributed by atoms with van der Waals surface area (Å²) in [7, 11) is 0. The number of benzene rings is 3. The van der Waals surface area contributed by atoms with Gasteiger partial charge in [-0.05, 0) is 50.6 Å². The van der Waals surface area contributed by atoms with Gasteiger partial charge in [-0.3, -0.25) is 0 Å². The Kier molecular flexibility index (Phi) is 4.68. The molecule has 3 nitrogen and oxygen atoms in total. The van der Waals surface area contributed by atoms with Crippen molar-refractivity contribution in [1.29, 1.82) is 0 Å². The van der Waals surface area contributed by atoms with Crippen molar-refractivity contribution >= 4 is 11.0 Å². The second-order valence-corrected chi connectivity index (χ2v) is 7.06. The Morgan fingerprint density at radius 1 is 0.852 bits per heavy atom. The zero-order chi connectivity index (χ0) is 18.8. The van der Waals surface area contributed by atoms with Crippen LogP contribution in [0.3, 0.4) is 0 Å². The first kappa shape index (κ1) is 17.3. The van der Waals surface area contributed by atoms with Gasteiger partial charge in [0.25, 0.3) is 0 Å². The minimum Gasteiger partial charge on any atom is -0.492 e. The second kappa shape index (κ2) is 7.28. The third kappa shape index (κ3) is 3.59. The minimum atomic E-state index is 0.599. The maximum absolute atomic E-state index is 5.97. The number of fused-ring (bicyclic) bond motifs is 1. The molecule has 136 valence electrons. The van der Waals surface area contributed by atoms with Gasteiger partial charge in [0.05, 0.1) is 17.6 Å². The van der Waals surface area contributed by atoms with Crippen LogP contribution in [-0.2, 0) is 6.54 Å². The van der Waals surface area contributed by atoms with Crippen LogP contribution in [0.25, 0.3) is 22.4 Å². The number of aromatic nitrogens is 2. The number of imidazole rings is 1. The fourth-order valence-electron chi connectivity index (χ4n) is 3.46. The van der Waals surface area contributed by atoms with E-state index in [1.54, 1.807) is 0 Å². The van der Waals surface area contributed by atoms with E-state index in [0.29, 0.717) is 6.61 Å². The smallest absolute Gasteiger partial charge is 0.141 e. The van der Waals surface area contributed by atoms with Gasteiger partial charge in [0.15, 0.2) is 0 Å². The van der Waals surface area contributed by atoms with E-state index in [2.05, 4.69) is 73.9 Å². The Hall–Kier alpha value is -3.07. The Labute approximate surface area is 160 Å². The minimum absolute atomic E-state index is 0.599. The summed E-state index contributed by atoms with van der Waals surface area (Å²) in [5.74, 6) is 1.90. The number of ether oxygens (including phenoxy) is 1. The predicted molar refractivity (Wildman–Crippen MR) is 111 cm³/mol. The molecule has 3 heteroatoms. The Bertz CT molecular complexity index is 1080. The maximum Gasteiger partial charge on any atom is 0.141 e. The summed E-state index contributed by atoms with van der Waals surface area (Å²) in [6.45, 7) is 7.69. The first-order valence-electron chi connectivity index (χ1n) is 9.34. The lowest BCUT2D eigenvalue weighted by molar-refractivity contribution is 0.301. The van der Waals surface area contributed by atoms with Gasteiger partial charge in [-0.15, -0.1) is 0 Å². The molecule has 0 saturated carbocycles. The normalized spacial score (nSPS) is 11.1. The van der Waals surface area contributed by atoms with Crippen LogP contribution in [0.4, 0.5) is 0 Å². The molecule has 4 rings (SSSR count). The van der Waals surface area contributed by atoms with E-state index in [9.17, 15) is 0 Å². The van der Waals surface area contributed by atoms with Crippen molar-refractivity contribution in [3.8, 4) is 17.1 Å². The van der Waals surface area contributed by atoms with Crippen LogP contribution in [0.2, 0.25) is 0 Å². The van der Waals surface area contributed by atoms with Crippen molar-refractivity contribution in [2.24, 2.45) is 0 Å². The van der Waals surface area contributed by atoms with E-state index in [1.807, 2.05) is 18.2 Å². The molecule has 0 bridgehead atoms. The lowest BCUT2D eigenvalue weighted by Crippen LogP contribution is -2.10. The Balaban J connectivity index is 1.67. The second-order valence-electron chi connectivity index (χ2n) is 7.06. The average molecular weight is 356 g/mol. The standard InChI is InChI=1S/C24H24N2O/c1-17-8-11-20(12-9-17)27-15-14-26-23-7-5-4-6-22(23)25-24(26)21-13-10-18(2)16-19(21)3/h4-13,16H,14-15H2,1-3H3. The molecular formula is C24H24N2O. The third-order valence-electron chi connectivity index (χ3n) is 4.88. The van der Waals surface area contributed by atoms with Crippen molar-refractivity contribution in [3.63, 3.8) is 0 Å². The van der Waals surface area contributed by atoms with E-state index in [0.717, 1.165) is 29.2 Å². The molecule has 0 atom stereocenters. The van der Waals surface area contributed by atoms with Crippen LogP contribution in [0, 0.1) is 20.8 Å². The molecule has 0 N–H and O–H groups in total. The first-order valence-corrected chi connectivity index (χ1v) is 9.34. The molecule has 0 fully saturated rings. The molecule has 3 aromatic carbocycles. The Morgan fingerprint density at radius 3 is 2.37 bits per heavy atom. The summed E-state index contributed by atoms with van der Waals surface area (Å²) in [5, 5.41) is 0. The van der Waals surface area contributed by atoms with Gasteiger partial charge in [-0.1, -0.05) is 53.6 Å². The first-order chi connectivity index (χ1) is 13.1. The Morgan fingerprint density at radius 2 is 1.59 bits per heavy atom. The van der Waals surface area contributed by atoms with Crippen LogP contribution in [0.5, 0.6) is 5.75 Å². The predicted octanol–water partition coefficient (Wildman–Crippen LogP) is 5.71. The van der Waals surface area contributed by atoms with Gasteiger partial charge in [-0.2, -0.15) is 0 Å². The van der Waals surface area contributed by atoms with E-state index in [1.165, 1.54) is 22.3 Å². The van der Waals surface area contributed by atoms with Crippen molar-refractivity contribution in [3.05, 3.63) is 83.4 Å². The molecule has 4 aromatic rings. The summed E-state index contributed by atoms with van der Waals surface area (Å²) < 4.78 is 8.24. The van der Waals surface area contributed by atoms with E-state index in [-0.39, 0.29) is 0 Å². The van der Waals surface area contributed by atoms with E-state index >= 15 is 0 Å². The van der Waals surface area contributed by atoms with Crippen LogP contribution >= 0.6 is 0 Å². The highest BCUT2D eigenvalue weighted by Crippen LogP contribution is 2.28. The number of hydrogen-bond donors (Lipinski definition) is 0. The van der Waals surface area contributed by atoms with Crippen LogP contribution in [0.15, 0.2) is 66.7 Å². The summed E-state index contributed by atoms with van der Waals surface area (Å²) in [6, 6.07) is 23.0. The van der Waals surface area contributed by atoms with Crippen LogP contribution in [-0.4, -0.2) is 16.2 Å². The summed E-state index contributed by atoms with van der Waals surface area (Å²) >= 11 is 0. The molecule has 0 aliphatic rings. The van der Waals surface area contributed by atoms with Crippen molar-refractivity contribution in [1.82, 2.24) is 9.55 Å². The monoisotopic (exact) mass is 356 g/mol. The van der Waals surface area contributed by atoms with E-state index in [4.69, 9.17) is 9.72 Å². The largest absolute Gasteiger partial charge is 0.492 e. The fraction of sp³-hybridized carbons (Fsp3) is 0.208. The number of aryl methyl sites for hydroxylation is 3. The van der Waals surface area contributed by atoms with Gasteiger partial charge >= 0.3 is 0 Å². The average Bonchev–Trinajstić information content (AvgIpc) is 3.02.